The first-order valence-electron chi connectivity index (χ1n) is 12.6. The van der Waals surface area contributed by atoms with E-state index in [1.807, 2.05) is 19.1 Å². The lowest BCUT2D eigenvalue weighted by Gasteiger charge is -2.35. The summed E-state index contributed by atoms with van der Waals surface area (Å²) in [6, 6.07) is 10.7. The van der Waals surface area contributed by atoms with Gasteiger partial charge in [0.25, 0.3) is 15.9 Å². The molecule has 13 heteroatoms. The first kappa shape index (κ1) is 27.2. The molecule has 1 saturated heterocycles. The van der Waals surface area contributed by atoms with Crippen LogP contribution in [0.4, 0.5) is 5.82 Å². The van der Waals surface area contributed by atoms with E-state index in [2.05, 4.69) is 32.3 Å². The summed E-state index contributed by atoms with van der Waals surface area (Å²) < 4.78 is 33.7. The van der Waals surface area contributed by atoms with Crippen molar-refractivity contribution in [2.24, 2.45) is 0 Å². The van der Waals surface area contributed by atoms with E-state index >= 15 is 0 Å². The Morgan fingerprint density at radius 2 is 1.92 bits per heavy atom. The Morgan fingerprint density at radius 3 is 2.62 bits per heavy atom. The second-order valence-corrected chi connectivity index (χ2v) is 13.1. The maximum atomic E-state index is 13.3. The molecule has 1 aliphatic heterocycles. The molecule has 11 nitrogen and oxygen atoms in total. The third-order valence-corrected chi connectivity index (χ3v) is 10.1. The molecule has 1 N–H and O–H groups in total. The highest BCUT2D eigenvalue weighted by atomic mass is 32.2. The van der Waals surface area contributed by atoms with Crippen LogP contribution in [-0.2, 0) is 10.0 Å². The van der Waals surface area contributed by atoms with Crippen molar-refractivity contribution in [2.45, 2.75) is 24.1 Å². The van der Waals surface area contributed by atoms with Crippen molar-refractivity contribution in [1.29, 1.82) is 0 Å². The van der Waals surface area contributed by atoms with Crippen LogP contribution in [-0.4, -0.2) is 96.4 Å². The Morgan fingerprint density at radius 1 is 1.15 bits per heavy atom. The van der Waals surface area contributed by atoms with Crippen LogP contribution in [0, 0.1) is 6.92 Å². The van der Waals surface area contributed by atoms with Gasteiger partial charge in [0.05, 0.1) is 21.7 Å². The molecule has 1 fully saturated rings. The van der Waals surface area contributed by atoms with Gasteiger partial charge in [0, 0.05) is 64.3 Å². The monoisotopic (exact) mass is 569 g/mol. The number of nitrogens with zero attached hydrogens (tertiary/aromatic N) is 6. The summed E-state index contributed by atoms with van der Waals surface area (Å²) in [6.45, 7) is 6.67. The second kappa shape index (κ2) is 11.0. The lowest BCUT2D eigenvalue weighted by Crippen LogP contribution is -2.50. The van der Waals surface area contributed by atoms with Crippen LogP contribution in [0.5, 0.6) is 0 Å². The van der Waals surface area contributed by atoms with Crippen LogP contribution < -0.4 is 5.32 Å². The van der Waals surface area contributed by atoms with E-state index < -0.39 is 10.0 Å². The molecule has 1 aromatic carbocycles. The number of piperazine rings is 1. The van der Waals surface area contributed by atoms with Gasteiger partial charge >= 0.3 is 0 Å². The van der Waals surface area contributed by atoms with Gasteiger partial charge in [-0.15, -0.1) is 11.3 Å². The number of hydrogen-bond donors (Lipinski definition) is 1. The van der Waals surface area contributed by atoms with Crippen molar-refractivity contribution < 1.29 is 17.7 Å². The van der Waals surface area contributed by atoms with Crippen LogP contribution in [0.1, 0.15) is 23.0 Å². The van der Waals surface area contributed by atoms with Gasteiger partial charge < -0.3 is 14.7 Å². The number of sulfonamides is 1. The summed E-state index contributed by atoms with van der Waals surface area (Å²) in [7, 11) is -0.157. The molecule has 5 rings (SSSR count). The number of amides is 1. The summed E-state index contributed by atoms with van der Waals surface area (Å²) in [5.41, 5.74) is 1.89. The Kier molecular flexibility index (Phi) is 7.67. The van der Waals surface area contributed by atoms with Crippen molar-refractivity contribution in [2.75, 3.05) is 52.1 Å². The van der Waals surface area contributed by atoms with E-state index in [0.717, 1.165) is 16.0 Å². The number of aryl methyl sites for hydroxylation is 1. The summed E-state index contributed by atoms with van der Waals surface area (Å²) in [5.74, 6) is 1.12. The quantitative estimate of drug-likeness (QED) is 0.341. The van der Waals surface area contributed by atoms with Crippen LogP contribution in [0.2, 0.25) is 0 Å². The molecule has 0 bridgehead atoms. The summed E-state index contributed by atoms with van der Waals surface area (Å²) in [6.07, 6.45) is 1.47. The number of anilines is 1. The molecule has 4 heterocycles. The standard InChI is InChI=1S/C26H31N7O4S2/c1-17-14-21(37-30-17)22-8-9-23(38-22)39(35,36)33-12-10-32(11-13-33)15-18(2)29-25-19-6-5-7-20(26(34)31(3)4)24(19)27-16-28-25/h5-9,14,16,18H,10-13,15H2,1-4H3,(H,27,28,29). The Labute approximate surface area is 231 Å². The molecular weight excluding hydrogens is 538 g/mol. The minimum absolute atomic E-state index is 0.0321. The molecule has 0 saturated carbocycles. The number of carbonyl (C=O) groups is 1. The zero-order chi connectivity index (χ0) is 27.7. The summed E-state index contributed by atoms with van der Waals surface area (Å²) >= 11 is 1.19. The number of thiophene rings is 1. The highest BCUT2D eigenvalue weighted by Crippen LogP contribution is 2.33. The van der Waals surface area contributed by atoms with E-state index in [4.69, 9.17) is 4.52 Å². The van der Waals surface area contributed by atoms with Gasteiger partial charge in [-0.1, -0.05) is 11.2 Å². The predicted molar refractivity (Wildman–Crippen MR) is 150 cm³/mol. The number of fused-ring (bicyclic) bond motifs is 1. The van der Waals surface area contributed by atoms with E-state index in [1.54, 1.807) is 42.7 Å². The molecule has 0 radical (unpaired) electrons. The normalized spacial score (nSPS) is 15.9. The van der Waals surface area contributed by atoms with Gasteiger partial charge in [0.15, 0.2) is 5.76 Å². The number of aromatic nitrogens is 3. The topological polar surface area (TPSA) is 125 Å². The van der Waals surface area contributed by atoms with Crippen molar-refractivity contribution in [3.8, 4) is 10.6 Å². The maximum Gasteiger partial charge on any atom is 0.255 e. The first-order valence-corrected chi connectivity index (χ1v) is 14.9. The average molecular weight is 570 g/mol. The van der Waals surface area contributed by atoms with Gasteiger partial charge in [-0.2, -0.15) is 4.31 Å². The minimum Gasteiger partial charge on any atom is -0.366 e. The molecule has 206 valence electrons. The van der Waals surface area contributed by atoms with Crippen molar-refractivity contribution >= 4 is 44.0 Å². The SMILES string of the molecule is Cc1cc(-c2ccc(S(=O)(=O)N3CCN(CC(C)Nc4ncnc5c(C(=O)N(C)C)cccc45)CC3)s2)on1. The zero-order valence-electron chi connectivity index (χ0n) is 22.3. The fourth-order valence-corrected chi connectivity index (χ4v) is 7.46. The van der Waals surface area contributed by atoms with E-state index in [0.29, 0.717) is 59.6 Å². The number of carbonyl (C=O) groups excluding carboxylic acids is 1. The maximum absolute atomic E-state index is 13.3. The molecular formula is C26H31N7O4S2. The number of hydrogen-bond acceptors (Lipinski definition) is 10. The number of benzene rings is 1. The molecule has 1 atom stereocenters. The van der Waals surface area contributed by atoms with Gasteiger partial charge in [0.2, 0.25) is 0 Å². The zero-order valence-corrected chi connectivity index (χ0v) is 23.9. The van der Waals surface area contributed by atoms with E-state index in [-0.39, 0.29) is 11.9 Å². The molecule has 39 heavy (non-hydrogen) atoms. The highest BCUT2D eigenvalue weighted by Gasteiger charge is 2.30. The van der Waals surface area contributed by atoms with Crippen molar-refractivity contribution in [3.63, 3.8) is 0 Å². The predicted octanol–water partition coefficient (Wildman–Crippen LogP) is 3.16. The average Bonchev–Trinajstić information content (AvgIpc) is 3.58. The summed E-state index contributed by atoms with van der Waals surface area (Å²) in [4.78, 5) is 25.9. The third kappa shape index (κ3) is 5.66. The minimum atomic E-state index is -3.58. The molecule has 4 aromatic rings. The third-order valence-electron chi connectivity index (χ3n) is 6.59. The molecule has 1 unspecified atom stereocenters. The Hall–Kier alpha value is -3.39. The van der Waals surface area contributed by atoms with Crippen LogP contribution in [0.25, 0.3) is 21.5 Å². The Balaban J connectivity index is 1.20. The summed E-state index contributed by atoms with van der Waals surface area (Å²) in [5, 5.41) is 8.12. The van der Waals surface area contributed by atoms with Crippen molar-refractivity contribution in [3.05, 3.63) is 54.0 Å². The van der Waals surface area contributed by atoms with E-state index in [9.17, 15) is 13.2 Å². The lowest BCUT2D eigenvalue weighted by molar-refractivity contribution is 0.0829. The second-order valence-electron chi connectivity index (χ2n) is 9.82. The molecule has 1 aliphatic rings. The smallest absolute Gasteiger partial charge is 0.255 e. The van der Waals surface area contributed by atoms with Gasteiger partial charge in [-0.05, 0) is 38.1 Å². The van der Waals surface area contributed by atoms with Gasteiger partial charge in [-0.25, -0.2) is 18.4 Å². The molecule has 0 spiro atoms. The van der Waals surface area contributed by atoms with Crippen LogP contribution >= 0.6 is 11.3 Å². The largest absolute Gasteiger partial charge is 0.366 e. The van der Waals surface area contributed by atoms with Gasteiger partial charge in [0.1, 0.15) is 16.4 Å². The molecule has 1 amide bonds. The number of rotatable bonds is 8. The van der Waals surface area contributed by atoms with E-state index in [1.165, 1.54) is 22.6 Å². The number of nitrogens with one attached hydrogen (secondary N) is 1. The highest BCUT2D eigenvalue weighted by molar-refractivity contribution is 7.91. The fourth-order valence-electron chi connectivity index (χ4n) is 4.63. The van der Waals surface area contributed by atoms with Crippen LogP contribution in [0.3, 0.4) is 0 Å². The molecule has 3 aromatic heterocycles. The molecule has 0 aliphatic carbocycles. The fraction of sp³-hybridized carbons (Fsp3) is 0.385. The number of para-hydroxylation sites is 1. The van der Waals surface area contributed by atoms with Crippen molar-refractivity contribution in [1.82, 2.24) is 29.2 Å². The van der Waals surface area contributed by atoms with Crippen LogP contribution in [0.15, 0.2) is 51.5 Å². The Bertz CT molecular complexity index is 1590. The lowest BCUT2D eigenvalue weighted by atomic mass is 10.1. The van der Waals surface area contributed by atoms with Gasteiger partial charge in [-0.3, -0.25) is 9.69 Å². The first-order chi connectivity index (χ1) is 18.6.